The smallest absolute Gasteiger partial charge is 0.308 e. The third kappa shape index (κ3) is 6.87. The number of fused-ring (bicyclic) bond motifs is 6. The molecule has 0 bridgehead atoms. The molecule has 8 aromatic carbocycles. The molecule has 0 N–H and O–H groups in total. The Balaban J connectivity index is 1.14. The minimum absolute atomic E-state index is 0.146. The van der Waals surface area contributed by atoms with Crippen molar-refractivity contribution in [1.29, 1.82) is 10.5 Å². The van der Waals surface area contributed by atoms with E-state index in [9.17, 15) is 23.7 Å². The zero-order chi connectivity index (χ0) is 47.5. The molecule has 0 spiro atoms. The Morgan fingerprint density at radius 3 is 1.46 bits per heavy atom. The Kier molecular flexibility index (Phi) is 9.94. The van der Waals surface area contributed by atoms with Crippen molar-refractivity contribution in [2.24, 2.45) is 0 Å². The third-order valence-electron chi connectivity index (χ3n) is 13.1. The molecule has 0 fully saturated rings. The molecule has 0 atom stereocenters. The second-order valence-corrected chi connectivity index (χ2v) is 17.1. The van der Waals surface area contributed by atoms with Crippen LogP contribution in [0.15, 0.2) is 213 Å². The van der Waals surface area contributed by atoms with Gasteiger partial charge in [0.05, 0.1) is 62.0 Å². The highest BCUT2D eigenvalue weighted by atomic mass is 19.4. The summed E-state index contributed by atoms with van der Waals surface area (Å²) in [7, 11) is 0. The zero-order valence-electron chi connectivity index (χ0n) is 37.0. The van der Waals surface area contributed by atoms with Gasteiger partial charge in [0.25, 0.3) is 0 Å². The molecule has 0 unspecified atom stereocenters. The van der Waals surface area contributed by atoms with E-state index in [1.807, 2.05) is 144 Å². The summed E-state index contributed by atoms with van der Waals surface area (Å²) in [6.45, 7) is 0. The van der Waals surface area contributed by atoms with Crippen LogP contribution in [0, 0.1) is 22.7 Å². The summed E-state index contributed by atoms with van der Waals surface area (Å²) in [6, 6.07) is 67.7. The van der Waals surface area contributed by atoms with Crippen molar-refractivity contribution < 1.29 is 13.2 Å². The largest absolute Gasteiger partial charge is 0.416 e. The Hall–Kier alpha value is -9.57. The maximum absolute atomic E-state index is 14.7. The number of hydrogen-bond donors (Lipinski definition) is 0. The van der Waals surface area contributed by atoms with Crippen LogP contribution in [-0.4, -0.2) is 19.1 Å². The van der Waals surface area contributed by atoms with E-state index < -0.39 is 11.7 Å². The summed E-state index contributed by atoms with van der Waals surface area (Å²) in [6.07, 6.45) is -1.17. The molecule has 4 aromatic heterocycles. The van der Waals surface area contributed by atoms with Gasteiger partial charge in [-0.25, -0.2) is 0 Å². The van der Waals surface area contributed by atoms with Gasteiger partial charge in [-0.2, -0.15) is 23.7 Å². The Morgan fingerprint density at radius 1 is 0.400 bits per heavy atom. The van der Waals surface area contributed by atoms with Crippen LogP contribution in [0.25, 0.3) is 111 Å². The number of pyridine rings is 2. The van der Waals surface area contributed by atoms with Crippen molar-refractivity contribution in [3.8, 4) is 79.4 Å². The quantitative estimate of drug-likeness (QED) is 0.159. The topological polar surface area (TPSA) is 83.2 Å². The highest BCUT2D eigenvalue weighted by Crippen LogP contribution is 2.45. The minimum atomic E-state index is -4.74. The number of benzene rings is 8. The highest BCUT2D eigenvalue weighted by molar-refractivity contribution is 6.13. The van der Waals surface area contributed by atoms with E-state index in [1.54, 1.807) is 24.5 Å². The lowest BCUT2D eigenvalue weighted by molar-refractivity contribution is -0.137. The van der Waals surface area contributed by atoms with Crippen molar-refractivity contribution in [1.82, 2.24) is 19.1 Å². The monoisotopic (exact) mass is 908 g/mol. The number of para-hydroxylation sites is 2. The molecule has 0 radical (unpaired) electrons. The van der Waals surface area contributed by atoms with Gasteiger partial charge in [-0.1, -0.05) is 127 Å². The molecule has 12 aromatic rings. The zero-order valence-corrected chi connectivity index (χ0v) is 37.0. The van der Waals surface area contributed by atoms with Crippen LogP contribution in [-0.2, 0) is 6.18 Å². The van der Waals surface area contributed by atoms with Crippen LogP contribution in [0.3, 0.4) is 0 Å². The molecule has 12 rings (SSSR count). The Morgan fingerprint density at radius 2 is 0.914 bits per heavy atom. The first-order valence-electron chi connectivity index (χ1n) is 22.6. The van der Waals surface area contributed by atoms with Crippen LogP contribution in [0.5, 0.6) is 0 Å². The van der Waals surface area contributed by atoms with E-state index in [0.29, 0.717) is 16.9 Å². The SMILES string of the molecule is N#Cc1cc(-c2ccc(-n3c4ccccc4c4cc(-c5cccnc5-c5ccccc5)ccc43)c(C#N)c2-n2c3ccccc3c3cc(-c4cccnc4-c4ccccc4)ccc32)cc(C(F)(F)F)c1. The van der Waals surface area contributed by atoms with Gasteiger partial charge in [-0.05, 0) is 89.5 Å². The van der Waals surface area contributed by atoms with Gasteiger partial charge in [0, 0.05) is 61.8 Å². The van der Waals surface area contributed by atoms with Gasteiger partial charge in [-0.3, -0.25) is 9.97 Å². The first-order valence-corrected chi connectivity index (χ1v) is 22.6. The molecule has 6 nitrogen and oxygen atoms in total. The average Bonchev–Trinajstić information content (AvgIpc) is 3.92. The maximum atomic E-state index is 14.7. The molecule has 0 aliphatic heterocycles. The van der Waals surface area contributed by atoms with Crippen molar-refractivity contribution in [3.63, 3.8) is 0 Å². The fourth-order valence-corrected chi connectivity index (χ4v) is 10.1. The van der Waals surface area contributed by atoms with Gasteiger partial charge in [0.1, 0.15) is 11.6 Å². The maximum Gasteiger partial charge on any atom is 0.416 e. The molecule has 0 aliphatic carbocycles. The molecular weight excluding hydrogens is 874 g/mol. The molecular formula is C61H35F3N6. The van der Waals surface area contributed by atoms with E-state index in [-0.39, 0.29) is 16.7 Å². The van der Waals surface area contributed by atoms with Crippen LogP contribution >= 0.6 is 0 Å². The first kappa shape index (κ1) is 41.8. The van der Waals surface area contributed by atoms with Gasteiger partial charge in [-0.15, -0.1) is 0 Å². The highest BCUT2D eigenvalue weighted by Gasteiger charge is 2.32. The number of hydrogen-bond acceptors (Lipinski definition) is 4. The predicted molar refractivity (Wildman–Crippen MR) is 272 cm³/mol. The standard InChI is InChI=1S/C61H35F3N6/c62-61(63,64)44-32-38(36-65)31-43(33-44)47-25-28-57(69-53-21-9-7-17-48(53)50-34-41(23-26-55(50)69)45-19-11-29-67-58(45)39-13-3-1-4-14-39)52(37-66)60(47)70-54-22-10-8-18-49(54)51-35-42(24-27-56(51)70)46-20-12-30-68-59(46)40-15-5-2-6-16-40/h1-35H. The Labute approximate surface area is 399 Å². The summed E-state index contributed by atoms with van der Waals surface area (Å²) in [4.78, 5) is 9.58. The summed E-state index contributed by atoms with van der Waals surface area (Å²) >= 11 is 0. The molecule has 70 heavy (non-hydrogen) atoms. The molecule has 0 saturated carbocycles. The lowest BCUT2D eigenvalue weighted by atomic mass is 9.95. The molecule has 9 heteroatoms. The van der Waals surface area contributed by atoms with Gasteiger partial charge in [0.15, 0.2) is 0 Å². The van der Waals surface area contributed by atoms with Crippen LogP contribution in [0.4, 0.5) is 13.2 Å². The minimum Gasteiger partial charge on any atom is -0.308 e. The lowest BCUT2D eigenvalue weighted by Crippen LogP contribution is -2.08. The molecule has 0 saturated heterocycles. The fourth-order valence-electron chi connectivity index (χ4n) is 10.1. The van der Waals surface area contributed by atoms with Crippen LogP contribution in [0.2, 0.25) is 0 Å². The van der Waals surface area contributed by atoms with Crippen LogP contribution < -0.4 is 0 Å². The van der Waals surface area contributed by atoms with Gasteiger partial charge < -0.3 is 9.13 Å². The Bertz CT molecular complexity index is 4140. The summed E-state index contributed by atoms with van der Waals surface area (Å²) < 4.78 is 48.0. The first-order chi connectivity index (χ1) is 34.3. The number of nitrogens with zero attached hydrogens (tertiary/aromatic N) is 6. The average molecular weight is 909 g/mol. The van der Waals surface area contributed by atoms with Crippen molar-refractivity contribution >= 4 is 43.6 Å². The van der Waals surface area contributed by atoms with Gasteiger partial charge >= 0.3 is 6.18 Å². The normalized spacial score (nSPS) is 11.6. The van der Waals surface area contributed by atoms with Gasteiger partial charge in [0.2, 0.25) is 0 Å². The second kappa shape index (κ2) is 16.6. The van der Waals surface area contributed by atoms with E-state index >= 15 is 0 Å². The number of alkyl halides is 3. The van der Waals surface area contributed by atoms with E-state index in [1.165, 1.54) is 6.07 Å². The van der Waals surface area contributed by atoms with E-state index in [4.69, 9.17) is 9.97 Å². The predicted octanol–water partition coefficient (Wildman–Crippen LogP) is 15.8. The fraction of sp³-hybridized carbons (Fsp3) is 0.0164. The third-order valence-corrected chi connectivity index (χ3v) is 13.1. The number of halogens is 3. The summed E-state index contributed by atoms with van der Waals surface area (Å²) in [5, 5.41) is 25.4. The summed E-state index contributed by atoms with van der Waals surface area (Å²) in [5.74, 6) is 0. The van der Waals surface area contributed by atoms with Crippen molar-refractivity contribution in [2.45, 2.75) is 6.18 Å². The molecule has 4 heterocycles. The van der Waals surface area contributed by atoms with Crippen LogP contribution in [0.1, 0.15) is 16.7 Å². The van der Waals surface area contributed by atoms with Crippen molar-refractivity contribution in [3.05, 3.63) is 229 Å². The number of nitriles is 2. The van der Waals surface area contributed by atoms with E-state index in [0.717, 1.165) is 101 Å². The second-order valence-electron chi connectivity index (χ2n) is 17.1. The number of aromatic nitrogens is 4. The lowest BCUT2D eigenvalue weighted by Gasteiger charge is -2.21. The molecule has 330 valence electrons. The molecule has 0 aliphatic rings. The summed E-state index contributed by atoms with van der Waals surface area (Å²) in [5.41, 5.74) is 11.0. The van der Waals surface area contributed by atoms with E-state index in [2.05, 4.69) is 47.0 Å². The van der Waals surface area contributed by atoms with Crippen molar-refractivity contribution in [2.75, 3.05) is 0 Å². The molecule has 0 amide bonds. The number of rotatable bonds is 7.